The molecule has 1 amide bonds. The average molecular weight is 375 g/mol. The normalized spacial score (nSPS) is 16.7. The van der Waals surface area contributed by atoms with Crippen LogP contribution in [0.2, 0.25) is 5.02 Å². The Morgan fingerprint density at radius 1 is 1.29 bits per heavy atom. The van der Waals surface area contributed by atoms with Gasteiger partial charge < -0.3 is 10.4 Å². The van der Waals surface area contributed by atoms with Gasteiger partial charge in [0.25, 0.3) is 0 Å². The molecule has 0 atom stereocenters. The van der Waals surface area contributed by atoms with Crippen molar-refractivity contribution >= 4 is 45.1 Å². The van der Waals surface area contributed by atoms with Gasteiger partial charge in [-0.2, -0.15) is 0 Å². The Morgan fingerprint density at radius 2 is 1.95 bits per heavy atom. The third kappa shape index (κ3) is 4.45. The smallest absolute Gasteiger partial charge is 0.303 e. The molecule has 0 bridgehead atoms. The summed E-state index contributed by atoms with van der Waals surface area (Å²) in [5.74, 6) is -0.980. The van der Waals surface area contributed by atoms with Gasteiger partial charge in [0.15, 0.2) is 0 Å². The molecule has 1 aromatic carbocycles. The molecule has 0 saturated heterocycles. The van der Waals surface area contributed by atoms with Gasteiger partial charge >= 0.3 is 5.97 Å². The second-order valence-electron chi connectivity index (χ2n) is 5.63. The Hall–Kier alpha value is -1.07. The SMILES string of the molecule is O=C(O)CC1(CC(=O)Nc2ccc(Cl)c(Br)c2)CCCC1. The van der Waals surface area contributed by atoms with Crippen LogP contribution in [-0.2, 0) is 9.59 Å². The van der Waals surface area contributed by atoms with Gasteiger partial charge in [-0.3, -0.25) is 9.59 Å². The number of anilines is 1. The summed E-state index contributed by atoms with van der Waals surface area (Å²) in [4.78, 5) is 23.2. The van der Waals surface area contributed by atoms with Crippen molar-refractivity contribution in [3.8, 4) is 0 Å². The van der Waals surface area contributed by atoms with Crippen LogP contribution in [0, 0.1) is 5.41 Å². The lowest BCUT2D eigenvalue weighted by Crippen LogP contribution is -2.27. The van der Waals surface area contributed by atoms with Gasteiger partial charge in [0.05, 0.1) is 11.4 Å². The highest BCUT2D eigenvalue weighted by Gasteiger charge is 2.37. The van der Waals surface area contributed by atoms with E-state index in [1.165, 1.54) is 0 Å². The van der Waals surface area contributed by atoms with Crippen LogP contribution in [0.3, 0.4) is 0 Å². The summed E-state index contributed by atoms with van der Waals surface area (Å²) in [6, 6.07) is 5.16. The molecular formula is C15H17BrClNO3. The predicted octanol–water partition coefficient (Wildman–Crippen LogP) is 4.47. The molecule has 1 saturated carbocycles. The third-order valence-electron chi connectivity index (χ3n) is 3.93. The van der Waals surface area contributed by atoms with Crippen LogP contribution in [0.4, 0.5) is 5.69 Å². The third-order valence-corrected chi connectivity index (χ3v) is 5.14. The van der Waals surface area contributed by atoms with Crippen LogP contribution in [0.15, 0.2) is 22.7 Å². The number of nitrogens with one attached hydrogen (secondary N) is 1. The number of amides is 1. The quantitative estimate of drug-likeness (QED) is 0.799. The summed E-state index contributed by atoms with van der Waals surface area (Å²) >= 11 is 9.22. The molecule has 0 unspecified atom stereocenters. The van der Waals surface area contributed by atoms with Crippen molar-refractivity contribution in [1.29, 1.82) is 0 Å². The van der Waals surface area contributed by atoms with Crippen molar-refractivity contribution in [2.45, 2.75) is 38.5 Å². The number of carbonyl (C=O) groups excluding carboxylic acids is 1. The fraction of sp³-hybridized carbons (Fsp3) is 0.467. The molecule has 2 N–H and O–H groups in total. The minimum absolute atomic E-state index is 0.0603. The monoisotopic (exact) mass is 373 g/mol. The molecule has 0 radical (unpaired) electrons. The maximum Gasteiger partial charge on any atom is 0.303 e. The maximum absolute atomic E-state index is 12.2. The first kappa shape index (κ1) is 16.3. The first-order valence-corrected chi connectivity index (χ1v) is 8.04. The van der Waals surface area contributed by atoms with Gasteiger partial charge in [-0.15, -0.1) is 0 Å². The van der Waals surface area contributed by atoms with E-state index in [1.807, 2.05) is 0 Å². The summed E-state index contributed by atoms with van der Waals surface area (Å²) in [6.45, 7) is 0. The highest BCUT2D eigenvalue weighted by atomic mass is 79.9. The molecule has 21 heavy (non-hydrogen) atoms. The van der Waals surface area contributed by atoms with Crippen molar-refractivity contribution in [1.82, 2.24) is 0 Å². The molecule has 6 heteroatoms. The summed E-state index contributed by atoms with van der Waals surface area (Å²) in [6.07, 6.45) is 3.90. The van der Waals surface area contributed by atoms with Gasteiger partial charge in [-0.25, -0.2) is 0 Å². The van der Waals surface area contributed by atoms with Crippen LogP contribution in [0.5, 0.6) is 0 Å². The van der Waals surface area contributed by atoms with Gasteiger partial charge in [0.1, 0.15) is 0 Å². The minimum atomic E-state index is -0.834. The highest BCUT2D eigenvalue weighted by Crippen LogP contribution is 2.44. The average Bonchev–Trinajstić information content (AvgIpc) is 2.80. The molecule has 1 fully saturated rings. The Morgan fingerprint density at radius 3 is 2.52 bits per heavy atom. The Labute approximate surface area is 137 Å². The first-order valence-electron chi connectivity index (χ1n) is 6.87. The number of carboxylic acid groups (broad SMARTS) is 1. The van der Waals surface area contributed by atoms with Crippen molar-refractivity contribution in [2.75, 3.05) is 5.32 Å². The summed E-state index contributed by atoms with van der Waals surface area (Å²) < 4.78 is 0.711. The zero-order chi connectivity index (χ0) is 15.5. The molecule has 0 aromatic heterocycles. The number of rotatable bonds is 5. The van der Waals surface area contributed by atoms with E-state index in [0.29, 0.717) is 15.2 Å². The number of aliphatic carboxylic acids is 1. The standard InChI is InChI=1S/C15H17BrClNO3/c16-11-7-10(3-4-12(11)17)18-13(19)8-15(9-14(20)21)5-1-2-6-15/h3-4,7H,1-2,5-6,8-9H2,(H,18,19)(H,20,21). The van der Waals surface area contributed by atoms with Crippen LogP contribution in [0.1, 0.15) is 38.5 Å². The van der Waals surface area contributed by atoms with Gasteiger partial charge in [0.2, 0.25) is 5.91 Å². The lowest BCUT2D eigenvalue weighted by Gasteiger charge is -2.26. The summed E-state index contributed by atoms with van der Waals surface area (Å²) in [7, 11) is 0. The van der Waals surface area contributed by atoms with E-state index < -0.39 is 5.97 Å². The van der Waals surface area contributed by atoms with Crippen LogP contribution in [-0.4, -0.2) is 17.0 Å². The van der Waals surface area contributed by atoms with Crippen LogP contribution < -0.4 is 5.32 Å². The molecule has 0 spiro atoms. The summed E-state index contributed by atoms with van der Waals surface area (Å²) in [5.41, 5.74) is 0.263. The van der Waals surface area contributed by atoms with Gasteiger partial charge in [0, 0.05) is 16.6 Å². The number of carboxylic acids is 1. The molecular weight excluding hydrogens is 358 g/mol. The van der Waals surface area contributed by atoms with Crippen LogP contribution in [0.25, 0.3) is 0 Å². The van der Waals surface area contributed by atoms with Gasteiger partial charge in [-0.1, -0.05) is 24.4 Å². The zero-order valence-corrected chi connectivity index (χ0v) is 13.8. The second kappa shape index (κ2) is 6.79. The number of hydrogen-bond donors (Lipinski definition) is 2. The molecule has 1 aromatic rings. The molecule has 4 nitrogen and oxygen atoms in total. The Bertz CT molecular complexity index is 556. The number of benzene rings is 1. The number of halogens is 2. The molecule has 0 aliphatic heterocycles. The fourth-order valence-electron chi connectivity index (χ4n) is 2.98. The fourth-order valence-corrected chi connectivity index (χ4v) is 3.48. The molecule has 0 heterocycles. The molecule has 2 rings (SSSR count). The minimum Gasteiger partial charge on any atom is -0.481 e. The van der Waals surface area contributed by atoms with E-state index in [2.05, 4.69) is 21.2 Å². The molecule has 1 aliphatic rings. The maximum atomic E-state index is 12.2. The van der Waals surface area contributed by atoms with E-state index in [-0.39, 0.29) is 24.2 Å². The van der Waals surface area contributed by atoms with E-state index in [1.54, 1.807) is 18.2 Å². The topological polar surface area (TPSA) is 66.4 Å². The van der Waals surface area contributed by atoms with Crippen molar-refractivity contribution in [2.24, 2.45) is 5.41 Å². The van der Waals surface area contributed by atoms with Crippen molar-refractivity contribution < 1.29 is 14.7 Å². The Balaban J connectivity index is 2.02. The highest BCUT2D eigenvalue weighted by molar-refractivity contribution is 9.10. The molecule has 114 valence electrons. The van der Waals surface area contributed by atoms with E-state index >= 15 is 0 Å². The number of hydrogen-bond acceptors (Lipinski definition) is 2. The van der Waals surface area contributed by atoms with Crippen LogP contribution >= 0.6 is 27.5 Å². The first-order chi connectivity index (χ1) is 9.90. The van der Waals surface area contributed by atoms with E-state index in [9.17, 15) is 9.59 Å². The summed E-state index contributed by atoms with van der Waals surface area (Å²) in [5, 5.41) is 12.4. The van der Waals surface area contributed by atoms with E-state index in [0.717, 1.165) is 25.7 Å². The lowest BCUT2D eigenvalue weighted by atomic mass is 9.79. The molecule has 1 aliphatic carbocycles. The van der Waals surface area contributed by atoms with E-state index in [4.69, 9.17) is 16.7 Å². The van der Waals surface area contributed by atoms with Crippen molar-refractivity contribution in [3.63, 3.8) is 0 Å². The Kier molecular flexibility index (Phi) is 5.27. The predicted molar refractivity (Wildman–Crippen MR) is 85.6 cm³/mol. The zero-order valence-electron chi connectivity index (χ0n) is 11.5. The largest absolute Gasteiger partial charge is 0.481 e. The second-order valence-corrected chi connectivity index (χ2v) is 6.89. The number of carbonyl (C=O) groups is 2. The van der Waals surface area contributed by atoms with Crippen molar-refractivity contribution in [3.05, 3.63) is 27.7 Å². The van der Waals surface area contributed by atoms with Gasteiger partial charge in [-0.05, 0) is 52.4 Å². The lowest BCUT2D eigenvalue weighted by molar-refractivity contribution is -0.140.